The topological polar surface area (TPSA) is 27.6 Å². The summed E-state index contributed by atoms with van der Waals surface area (Å²) >= 11 is 10.0. The quantitative estimate of drug-likeness (QED) is 0.224. The van der Waals surface area contributed by atoms with Gasteiger partial charge in [0.2, 0.25) is 0 Å². The highest BCUT2D eigenvalue weighted by molar-refractivity contribution is 14.1. The molecule has 1 fully saturated rings. The number of anilines is 1. The third-order valence-corrected chi connectivity index (χ3v) is 8.49. The lowest BCUT2D eigenvalue weighted by Gasteiger charge is -2.26. The fourth-order valence-corrected chi connectivity index (χ4v) is 6.25. The summed E-state index contributed by atoms with van der Waals surface area (Å²) in [7, 11) is 0. The van der Waals surface area contributed by atoms with Crippen molar-refractivity contribution in [1.82, 2.24) is 4.90 Å². The predicted molar refractivity (Wildman–Crippen MR) is 160 cm³/mol. The molecule has 0 bridgehead atoms. The molecule has 0 saturated carbocycles. The van der Waals surface area contributed by atoms with Gasteiger partial charge in [-0.15, -0.1) is 0 Å². The van der Waals surface area contributed by atoms with Crippen LogP contribution in [0.15, 0.2) is 89.9 Å². The maximum Gasteiger partial charge on any atom is 0.179 e. The molecule has 1 N–H and O–H groups in total. The van der Waals surface area contributed by atoms with E-state index in [1.165, 1.54) is 14.7 Å². The molecule has 34 heavy (non-hydrogen) atoms. The Bertz CT molecular complexity index is 1120. The van der Waals surface area contributed by atoms with Crippen LogP contribution >= 0.6 is 46.6 Å². The van der Waals surface area contributed by atoms with E-state index < -0.39 is 0 Å². The molecule has 0 amide bonds. The zero-order chi connectivity index (χ0) is 23.9. The summed E-state index contributed by atoms with van der Waals surface area (Å²) < 4.78 is 1.18. The molecular weight excluding hydrogens is 569 g/mol. The summed E-state index contributed by atoms with van der Waals surface area (Å²) in [6.45, 7) is 5.23. The van der Waals surface area contributed by atoms with Crippen molar-refractivity contribution in [2.45, 2.75) is 43.9 Å². The van der Waals surface area contributed by atoms with Gasteiger partial charge in [-0.05, 0) is 83.9 Å². The third-order valence-electron chi connectivity index (χ3n) is 6.22. The lowest BCUT2D eigenvalue weighted by molar-refractivity contribution is 0.487. The van der Waals surface area contributed by atoms with E-state index in [4.69, 9.17) is 17.2 Å². The van der Waals surface area contributed by atoms with Crippen LogP contribution in [0.5, 0.6) is 0 Å². The average molecular weight is 600 g/mol. The van der Waals surface area contributed by atoms with E-state index in [2.05, 4.69) is 126 Å². The normalized spacial score (nSPS) is 19.9. The summed E-state index contributed by atoms with van der Waals surface area (Å²) in [6.07, 6.45) is 2.10. The summed E-state index contributed by atoms with van der Waals surface area (Å²) in [5.74, 6) is 0.361. The number of nitrogens with one attached hydrogen (secondary N) is 1. The first-order valence-corrected chi connectivity index (χ1v) is 14.0. The number of rotatable bonds is 7. The molecule has 1 heterocycles. The number of hydrogen-bond acceptors (Lipinski definition) is 3. The van der Waals surface area contributed by atoms with Gasteiger partial charge in [-0.25, -0.2) is 0 Å². The second kappa shape index (κ2) is 12.2. The van der Waals surface area contributed by atoms with Crippen LogP contribution in [0.1, 0.15) is 37.3 Å². The minimum atomic E-state index is 0.283. The van der Waals surface area contributed by atoms with Gasteiger partial charge in [-0.1, -0.05) is 85.4 Å². The monoisotopic (exact) mass is 599 g/mol. The average Bonchev–Trinajstić information content (AvgIpc) is 3.13. The molecule has 3 aromatic carbocycles. The van der Waals surface area contributed by atoms with Crippen LogP contribution in [-0.4, -0.2) is 33.0 Å². The van der Waals surface area contributed by atoms with Crippen molar-refractivity contribution in [2.24, 2.45) is 4.99 Å². The SMILES string of the molecule is CC1S/C(=N/CC(CCc2ccccc2)c2ccccc2)N(C(=S)Nc2cccc(I)c2)C1C. The number of aliphatic imine (C=N–C) groups is 1. The number of aryl methyl sites for hydroxylation is 1. The summed E-state index contributed by atoms with van der Waals surface area (Å²) in [5.41, 5.74) is 3.73. The van der Waals surface area contributed by atoms with E-state index in [0.29, 0.717) is 16.3 Å². The Morgan fingerprint density at radius 1 is 1.03 bits per heavy atom. The Morgan fingerprint density at radius 2 is 1.74 bits per heavy atom. The molecule has 0 aliphatic carbocycles. The zero-order valence-corrected chi connectivity index (χ0v) is 23.3. The van der Waals surface area contributed by atoms with Crippen LogP contribution < -0.4 is 5.32 Å². The first-order valence-electron chi connectivity index (χ1n) is 11.7. The van der Waals surface area contributed by atoms with Gasteiger partial charge in [-0.3, -0.25) is 9.89 Å². The van der Waals surface area contributed by atoms with Crippen molar-refractivity contribution in [2.75, 3.05) is 11.9 Å². The summed E-state index contributed by atoms with van der Waals surface area (Å²) in [5, 5.41) is 5.59. The van der Waals surface area contributed by atoms with E-state index in [9.17, 15) is 0 Å². The van der Waals surface area contributed by atoms with Gasteiger partial charge >= 0.3 is 0 Å². The van der Waals surface area contributed by atoms with Crippen molar-refractivity contribution in [1.29, 1.82) is 0 Å². The van der Waals surface area contributed by atoms with Crippen LogP contribution in [0.2, 0.25) is 0 Å². The van der Waals surface area contributed by atoms with Crippen LogP contribution in [0.25, 0.3) is 0 Å². The van der Waals surface area contributed by atoms with Gasteiger partial charge in [0.15, 0.2) is 10.3 Å². The molecule has 1 aliphatic rings. The highest BCUT2D eigenvalue weighted by atomic mass is 127. The zero-order valence-electron chi connectivity index (χ0n) is 19.5. The highest BCUT2D eigenvalue weighted by Gasteiger charge is 2.36. The van der Waals surface area contributed by atoms with Crippen molar-refractivity contribution in [3.8, 4) is 0 Å². The largest absolute Gasteiger partial charge is 0.332 e. The van der Waals surface area contributed by atoms with E-state index in [1.54, 1.807) is 0 Å². The maximum absolute atomic E-state index is 5.85. The Labute approximate surface area is 226 Å². The molecule has 3 nitrogen and oxygen atoms in total. The molecule has 4 rings (SSSR count). The number of benzene rings is 3. The molecule has 0 aromatic heterocycles. The molecule has 3 unspecified atom stereocenters. The number of nitrogens with zero attached hydrogens (tertiary/aromatic N) is 2. The van der Waals surface area contributed by atoms with Crippen molar-refractivity contribution >= 4 is 62.5 Å². The van der Waals surface area contributed by atoms with Gasteiger partial charge in [0.25, 0.3) is 0 Å². The van der Waals surface area contributed by atoms with E-state index >= 15 is 0 Å². The number of thioether (sulfide) groups is 1. The Hall–Kier alpha value is -1.90. The predicted octanol–water partition coefficient (Wildman–Crippen LogP) is 7.59. The van der Waals surface area contributed by atoms with Crippen molar-refractivity contribution in [3.05, 3.63) is 99.6 Å². The Morgan fingerprint density at radius 3 is 2.44 bits per heavy atom. The molecule has 3 atom stereocenters. The van der Waals surface area contributed by atoms with Crippen LogP contribution in [0.4, 0.5) is 5.69 Å². The molecule has 1 aliphatic heterocycles. The van der Waals surface area contributed by atoms with E-state index in [1.807, 2.05) is 17.8 Å². The van der Waals surface area contributed by atoms with Crippen molar-refractivity contribution in [3.63, 3.8) is 0 Å². The van der Waals surface area contributed by atoms with E-state index in [0.717, 1.165) is 30.2 Å². The molecule has 0 radical (unpaired) electrons. The van der Waals surface area contributed by atoms with Crippen LogP contribution in [0, 0.1) is 3.57 Å². The first-order chi connectivity index (χ1) is 16.5. The number of thiocarbonyl (C=S) groups is 1. The molecular formula is C28H30IN3S2. The second-order valence-corrected chi connectivity index (χ2v) is 11.6. The minimum absolute atomic E-state index is 0.283. The number of amidine groups is 1. The highest BCUT2D eigenvalue weighted by Crippen LogP contribution is 2.33. The lowest BCUT2D eigenvalue weighted by atomic mass is 9.92. The minimum Gasteiger partial charge on any atom is -0.332 e. The van der Waals surface area contributed by atoms with Gasteiger partial charge in [0, 0.05) is 33.0 Å². The molecule has 0 spiro atoms. The standard InChI is InChI=1S/C28H30IN3S2/c1-20-21(2)34-28(32(20)27(33)31-26-15-9-14-25(29)18-26)30-19-24(23-12-7-4-8-13-23)17-16-22-10-5-3-6-11-22/h3-15,18,20-21,24H,16-17,19H2,1-2H3,(H,31,33)/b30-28+. The van der Waals surface area contributed by atoms with Crippen LogP contribution in [-0.2, 0) is 6.42 Å². The molecule has 1 saturated heterocycles. The first kappa shape index (κ1) is 25.2. The Kier molecular flexibility index (Phi) is 9.03. The van der Waals surface area contributed by atoms with Crippen LogP contribution in [0.3, 0.4) is 0 Å². The lowest BCUT2D eigenvalue weighted by Crippen LogP contribution is -2.42. The van der Waals surface area contributed by atoms with E-state index in [-0.39, 0.29) is 6.04 Å². The van der Waals surface area contributed by atoms with Crippen molar-refractivity contribution < 1.29 is 0 Å². The fourth-order valence-electron chi connectivity index (χ4n) is 4.10. The molecule has 176 valence electrons. The van der Waals surface area contributed by atoms with Gasteiger partial charge in [0.1, 0.15) is 0 Å². The van der Waals surface area contributed by atoms with Gasteiger partial charge in [-0.2, -0.15) is 0 Å². The maximum atomic E-state index is 5.85. The summed E-state index contributed by atoms with van der Waals surface area (Å²) in [6, 6.07) is 30.1. The van der Waals surface area contributed by atoms with Gasteiger partial charge in [0.05, 0.1) is 0 Å². The summed E-state index contributed by atoms with van der Waals surface area (Å²) in [4.78, 5) is 7.35. The fraction of sp³-hybridized carbons (Fsp3) is 0.286. The number of hydrogen-bond donors (Lipinski definition) is 1. The Balaban J connectivity index is 1.51. The smallest absolute Gasteiger partial charge is 0.179 e. The third kappa shape index (κ3) is 6.61. The second-order valence-electron chi connectivity index (χ2n) is 8.63. The number of halogens is 1. The molecule has 6 heteroatoms. The molecule has 3 aromatic rings. The van der Waals surface area contributed by atoms with Gasteiger partial charge < -0.3 is 5.32 Å².